The highest BCUT2D eigenvalue weighted by atomic mass is 19.1. The monoisotopic (exact) mass is 399 g/mol. The molecule has 30 heavy (non-hydrogen) atoms. The molecule has 0 aliphatic rings. The van der Waals surface area contributed by atoms with Crippen LogP contribution in [0.1, 0.15) is 15.9 Å². The molecule has 4 aromatic rings. The standard InChI is InChI=1S/C24H18FN3O2/c25-20-4-6-21(7-5-20)30-22-3-1-2-19(15-22)24(29)28-16-17-8-13-27-23(14-17)18-9-11-26-12-10-18/h1-15H,16H2,(H,28,29). The Balaban J connectivity index is 1.41. The van der Waals surface area contributed by atoms with Crippen molar-refractivity contribution in [1.29, 1.82) is 0 Å². The molecule has 0 bridgehead atoms. The summed E-state index contributed by atoms with van der Waals surface area (Å²) in [6, 6.07) is 20.1. The van der Waals surface area contributed by atoms with Crippen LogP contribution in [0.2, 0.25) is 0 Å². The molecule has 2 aromatic carbocycles. The third kappa shape index (κ3) is 4.86. The third-order valence-corrected chi connectivity index (χ3v) is 4.40. The van der Waals surface area contributed by atoms with E-state index in [1.54, 1.807) is 42.9 Å². The van der Waals surface area contributed by atoms with E-state index < -0.39 is 0 Å². The zero-order chi connectivity index (χ0) is 20.8. The summed E-state index contributed by atoms with van der Waals surface area (Å²) in [6.07, 6.45) is 5.15. The summed E-state index contributed by atoms with van der Waals surface area (Å²) < 4.78 is 18.7. The maximum Gasteiger partial charge on any atom is 0.251 e. The number of carbonyl (C=O) groups excluding carboxylic acids is 1. The summed E-state index contributed by atoms with van der Waals surface area (Å²) in [5.74, 6) is 0.438. The number of hydrogen-bond acceptors (Lipinski definition) is 4. The quantitative estimate of drug-likeness (QED) is 0.495. The Morgan fingerprint density at radius 1 is 0.900 bits per heavy atom. The smallest absolute Gasteiger partial charge is 0.251 e. The highest BCUT2D eigenvalue weighted by Gasteiger charge is 2.08. The molecule has 1 amide bonds. The highest BCUT2D eigenvalue weighted by Crippen LogP contribution is 2.22. The second kappa shape index (κ2) is 8.96. The molecule has 0 saturated carbocycles. The lowest BCUT2D eigenvalue weighted by molar-refractivity contribution is 0.0950. The van der Waals surface area contributed by atoms with Gasteiger partial charge in [-0.15, -0.1) is 0 Å². The lowest BCUT2D eigenvalue weighted by Crippen LogP contribution is -2.22. The van der Waals surface area contributed by atoms with Crippen molar-refractivity contribution in [1.82, 2.24) is 15.3 Å². The van der Waals surface area contributed by atoms with Crippen LogP contribution in [0.4, 0.5) is 4.39 Å². The fourth-order valence-corrected chi connectivity index (χ4v) is 2.89. The van der Waals surface area contributed by atoms with Gasteiger partial charge in [0.2, 0.25) is 0 Å². The Morgan fingerprint density at radius 3 is 2.50 bits per heavy atom. The summed E-state index contributed by atoms with van der Waals surface area (Å²) in [6.45, 7) is 0.364. The molecule has 0 radical (unpaired) electrons. The summed E-state index contributed by atoms with van der Waals surface area (Å²) in [5, 5.41) is 2.91. The molecule has 0 aliphatic heterocycles. The SMILES string of the molecule is O=C(NCc1ccnc(-c2ccncc2)c1)c1cccc(Oc2ccc(F)cc2)c1. The van der Waals surface area contributed by atoms with Gasteiger partial charge < -0.3 is 10.1 Å². The molecule has 2 heterocycles. The van der Waals surface area contributed by atoms with Crippen LogP contribution < -0.4 is 10.1 Å². The zero-order valence-electron chi connectivity index (χ0n) is 16.0. The van der Waals surface area contributed by atoms with E-state index in [-0.39, 0.29) is 11.7 Å². The summed E-state index contributed by atoms with van der Waals surface area (Å²) >= 11 is 0. The maximum absolute atomic E-state index is 13.0. The van der Waals surface area contributed by atoms with Crippen LogP contribution in [0.3, 0.4) is 0 Å². The summed E-state index contributed by atoms with van der Waals surface area (Å²) in [4.78, 5) is 21.0. The van der Waals surface area contributed by atoms with Gasteiger partial charge in [-0.05, 0) is 72.3 Å². The lowest BCUT2D eigenvalue weighted by atomic mass is 10.1. The lowest BCUT2D eigenvalue weighted by Gasteiger charge is -2.09. The molecule has 0 spiro atoms. The Kier molecular flexibility index (Phi) is 5.75. The molecule has 0 atom stereocenters. The first-order chi connectivity index (χ1) is 14.7. The highest BCUT2D eigenvalue weighted by molar-refractivity contribution is 5.94. The minimum atomic E-state index is -0.335. The van der Waals surface area contributed by atoms with E-state index in [1.807, 2.05) is 24.3 Å². The van der Waals surface area contributed by atoms with Crippen LogP contribution in [-0.4, -0.2) is 15.9 Å². The number of ether oxygens (including phenoxy) is 1. The fraction of sp³-hybridized carbons (Fsp3) is 0.0417. The first-order valence-electron chi connectivity index (χ1n) is 9.34. The third-order valence-electron chi connectivity index (χ3n) is 4.40. The molecule has 6 heteroatoms. The van der Waals surface area contributed by atoms with Crippen molar-refractivity contribution in [3.05, 3.63) is 108 Å². The predicted molar refractivity (Wildman–Crippen MR) is 112 cm³/mol. The molecule has 1 N–H and O–H groups in total. The van der Waals surface area contributed by atoms with Crippen molar-refractivity contribution in [2.45, 2.75) is 6.54 Å². The van der Waals surface area contributed by atoms with Crippen LogP contribution in [0, 0.1) is 5.82 Å². The largest absolute Gasteiger partial charge is 0.457 e. The van der Waals surface area contributed by atoms with Crippen LogP contribution >= 0.6 is 0 Å². The van der Waals surface area contributed by atoms with Gasteiger partial charge in [0, 0.05) is 36.3 Å². The van der Waals surface area contributed by atoms with Gasteiger partial charge in [0.25, 0.3) is 5.91 Å². The average molecular weight is 399 g/mol. The van der Waals surface area contributed by atoms with Gasteiger partial charge in [-0.1, -0.05) is 6.07 Å². The fourth-order valence-electron chi connectivity index (χ4n) is 2.89. The van der Waals surface area contributed by atoms with E-state index in [0.717, 1.165) is 16.8 Å². The normalized spacial score (nSPS) is 10.4. The van der Waals surface area contributed by atoms with Crippen LogP contribution in [-0.2, 0) is 6.54 Å². The van der Waals surface area contributed by atoms with Crippen molar-refractivity contribution >= 4 is 5.91 Å². The Bertz CT molecular complexity index is 1150. The summed E-state index contributed by atoms with van der Waals surface area (Å²) in [5.41, 5.74) is 3.18. The molecule has 0 fully saturated rings. The number of amides is 1. The minimum absolute atomic E-state index is 0.221. The number of carbonyl (C=O) groups is 1. The number of aromatic nitrogens is 2. The zero-order valence-corrected chi connectivity index (χ0v) is 16.0. The van der Waals surface area contributed by atoms with Crippen LogP contribution in [0.5, 0.6) is 11.5 Å². The van der Waals surface area contributed by atoms with Gasteiger partial charge in [-0.2, -0.15) is 0 Å². The average Bonchev–Trinajstić information content (AvgIpc) is 2.80. The second-order valence-electron chi connectivity index (χ2n) is 6.55. The van der Waals surface area contributed by atoms with Crippen molar-refractivity contribution in [3.63, 3.8) is 0 Å². The van der Waals surface area contributed by atoms with Gasteiger partial charge >= 0.3 is 0 Å². The molecule has 5 nitrogen and oxygen atoms in total. The van der Waals surface area contributed by atoms with Crippen LogP contribution in [0.15, 0.2) is 91.4 Å². The van der Waals surface area contributed by atoms with Gasteiger partial charge in [-0.25, -0.2) is 4.39 Å². The van der Waals surface area contributed by atoms with E-state index >= 15 is 0 Å². The van der Waals surface area contributed by atoms with E-state index in [0.29, 0.717) is 23.6 Å². The van der Waals surface area contributed by atoms with Crippen molar-refractivity contribution < 1.29 is 13.9 Å². The van der Waals surface area contributed by atoms with Crippen molar-refractivity contribution in [3.8, 4) is 22.8 Å². The van der Waals surface area contributed by atoms with Gasteiger partial charge in [0.1, 0.15) is 17.3 Å². The van der Waals surface area contributed by atoms with Gasteiger partial charge in [-0.3, -0.25) is 14.8 Å². The molecule has 0 saturated heterocycles. The van der Waals surface area contributed by atoms with E-state index in [1.165, 1.54) is 24.3 Å². The van der Waals surface area contributed by atoms with Gasteiger partial charge in [0.15, 0.2) is 0 Å². The maximum atomic E-state index is 13.0. The van der Waals surface area contributed by atoms with E-state index in [4.69, 9.17) is 4.74 Å². The molecule has 148 valence electrons. The summed E-state index contributed by atoms with van der Waals surface area (Å²) in [7, 11) is 0. The topological polar surface area (TPSA) is 64.1 Å². The van der Waals surface area contributed by atoms with Crippen molar-refractivity contribution in [2.75, 3.05) is 0 Å². The molecule has 2 aromatic heterocycles. The molecule has 4 rings (SSSR count). The minimum Gasteiger partial charge on any atom is -0.457 e. The Morgan fingerprint density at radius 2 is 1.70 bits per heavy atom. The molecule has 0 unspecified atom stereocenters. The number of rotatable bonds is 6. The number of hydrogen-bond donors (Lipinski definition) is 1. The Hall–Kier alpha value is -4.06. The molecular formula is C24H18FN3O2. The van der Waals surface area contributed by atoms with Gasteiger partial charge in [0.05, 0.1) is 5.69 Å². The van der Waals surface area contributed by atoms with E-state index in [2.05, 4.69) is 15.3 Å². The Labute approximate surface area is 173 Å². The first-order valence-corrected chi connectivity index (χ1v) is 9.34. The predicted octanol–water partition coefficient (Wildman–Crippen LogP) is 5.01. The number of benzene rings is 2. The second-order valence-corrected chi connectivity index (χ2v) is 6.55. The van der Waals surface area contributed by atoms with Crippen molar-refractivity contribution in [2.24, 2.45) is 0 Å². The first kappa shape index (κ1) is 19.3. The van der Waals surface area contributed by atoms with E-state index in [9.17, 15) is 9.18 Å². The number of nitrogens with one attached hydrogen (secondary N) is 1. The van der Waals surface area contributed by atoms with Crippen LogP contribution in [0.25, 0.3) is 11.3 Å². The molecule has 0 aliphatic carbocycles. The number of halogens is 1. The molecular weight excluding hydrogens is 381 g/mol. The number of nitrogens with zero attached hydrogens (tertiary/aromatic N) is 2. The number of pyridine rings is 2.